The van der Waals surface area contributed by atoms with E-state index in [9.17, 15) is 4.39 Å². The van der Waals surface area contributed by atoms with Gasteiger partial charge in [-0.1, -0.05) is 25.8 Å². The first-order valence-electron chi connectivity index (χ1n) is 6.09. The minimum atomic E-state index is -1.23. The van der Waals surface area contributed by atoms with E-state index in [1.165, 1.54) is 12.3 Å². The molecule has 3 nitrogen and oxygen atoms in total. The fourth-order valence-corrected chi connectivity index (χ4v) is 1.39. The maximum absolute atomic E-state index is 13.3. The van der Waals surface area contributed by atoms with E-state index < -0.39 is 12.2 Å². The number of nitrogens with two attached hydrogens (primary N) is 1. The molecule has 1 aromatic heterocycles. The van der Waals surface area contributed by atoms with Crippen LogP contribution in [0, 0.1) is 12.3 Å². The first kappa shape index (κ1) is 14.9. The number of rotatable bonds is 2. The number of hydrogen-bond donors (Lipinski definition) is 1. The van der Waals surface area contributed by atoms with Crippen molar-refractivity contribution < 1.29 is 9.13 Å². The first-order valence-corrected chi connectivity index (χ1v) is 6.09. The van der Waals surface area contributed by atoms with Gasteiger partial charge in [0.25, 0.3) is 0 Å². The molecule has 0 radical (unpaired) electrons. The second-order valence-corrected chi connectivity index (χ2v) is 3.57. The average molecular weight is 260 g/mol. The van der Waals surface area contributed by atoms with Gasteiger partial charge in [-0.3, -0.25) is 0 Å². The molecule has 100 valence electrons. The quantitative estimate of drug-likeness (QED) is 0.831. The summed E-state index contributed by atoms with van der Waals surface area (Å²) in [5.74, 6) is 3.33. The van der Waals surface area contributed by atoms with Gasteiger partial charge in [-0.25, -0.2) is 9.37 Å². The van der Waals surface area contributed by atoms with Crippen molar-refractivity contribution in [2.45, 2.75) is 26.1 Å². The van der Waals surface area contributed by atoms with Crippen molar-refractivity contribution in [1.82, 2.24) is 4.98 Å². The van der Waals surface area contributed by atoms with Crippen molar-refractivity contribution in [1.29, 1.82) is 0 Å². The van der Waals surface area contributed by atoms with Crippen LogP contribution < -0.4 is 10.5 Å². The average Bonchev–Trinajstić information content (AvgIpc) is 2.45. The number of allylic oxidation sites excluding steroid dienone is 1. The summed E-state index contributed by atoms with van der Waals surface area (Å²) in [7, 11) is 0. The van der Waals surface area contributed by atoms with Crippen LogP contribution in [-0.2, 0) is 0 Å². The van der Waals surface area contributed by atoms with E-state index >= 15 is 0 Å². The Kier molecular flexibility index (Phi) is 5.77. The molecule has 2 rings (SSSR count). The summed E-state index contributed by atoms with van der Waals surface area (Å²) in [5.41, 5.74) is 5.95. The second kappa shape index (κ2) is 7.34. The standard InChI is InChI=1S/C13H11FN2O.C2H6/c1-2-9-7-11(5-6-16-9)17-10-3-4-13(15)12(14)8-10;1-2/h1,3-8,12-13H,15H2;1-2H3. The lowest BCUT2D eigenvalue weighted by Gasteiger charge is -2.16. The van der Waals surface area contributed by atoms with Crippen LogP contribution >= 0.6 is 0 Å². The third-order valence-electron chi connectivity index (χ3n) is 2.29. The van der Waals surface area contributed by atoms with Gasteiger partial charge in [0.15, 0.2) is 0 Å². The molecule has 1 heterocycles. The minimum Gasteiger partial charge on any atom is -0.457 e. The third-order valence-corrected chi connectivity index (χ3v) is 2.29. The van der Waals surface area contributed by atoms with Crippen molar-refractivity contribution in [3.05, 3.63) is 48.0 Å². The van der Waals surface area contributed by atoms with Crippen LogP contribution in [0.1, 0.15) is 19.5 Å². The number of terminal acetylenes is 1. The molecule has 0 amide bonds. The van der Waals surface area contributed by atoms with Crippen molar-refractivity contribution in [3.8, 4) is 18.1 Å². The van der Waals surface area contributed by atoms with Crippen LogP contribution in [0.15, 0.2) is 42.3 Å². The van der Waals surface area contributed by atoms with Crippen molar-refractivity contribution in [2.24, 2.45) is 5.73 Å². The molecule has 4 heteroatoms. The Morgan fingerprint density at radius 2 is 2.21 bits per heavy atom. The van der Waals surface area contributed by atoms with Crippen molar-refractivity contribution in [2.75, 3.05) is 0 Å². The molecule has 19 heavy (non-hydrogen) atoms. The Hall–Kier alpha value is -2.12. The monoisotopic (exact) mass is 260 g/mol. The number of halogens is 1. The molecule has 0 aromatic carbocycles. The Labute approximate surface area is 113 Å². The van der Waals surface area contributed by atoms with Crippen LogP contribution in [-0.4, -0.2) is 17.2 Å². The number of nitrogens with zero attached hydrogens (tertiary/aromatic N) is 1. The van der Waals surface area contributed by atoms with E-state index in [0.29, 0.717) is 17.2 Å². The number of aromatic nitrogens is 1. The van der Waals surface area contributed by atoms with Crippen LogP contribution in [0.3, 0.4) is 0 Å². The molecule has 2 N–H and O–H groups in total. The number of hydrogen-bond acceptors (Lipinski definition) is 3. The van der Waals surface area contributed by atoms with Gasteiger partial charge in [-0.05, 0) is 18.2 Å². The summed E-state index contributed by atoms with van der Waals surface area (Å²) >= 11 is 0. The summed E-state index contributed by atoms with van der Waals surface area (Å²) in [5, 5.41) is 0. The fraction of sp³-hybridized carbons (Fsp3) is 0.267. The lowest BCUT2D eigenvalue weighted by atomic mass is 10.1. The highest BCUT2D eigenvalue weighted by atomic mass is 19.1. The highest BCUT2D eigenvalue weighted by Gasteiger charge is 2.17. The van der Waals surface area contributed by atoms with Gasteiger partial charge in [0, 0.05) is 12.3 Å². The zero-order valence-electron chi connectivity index (χ0n) is 11.0. The molecule has 0 saturated heterocycles. The largest absolute Gasteiger partial charge is 0.457 e. The second-order valence-electron chi connectivity index (χ2n) is 3.57. The van der Waals surface area contributed by atoms with Crippen molar-refractivity contribution >= 4 is 0 Å². The van der Waals surface area contributed by atoms with Gasteiger partial charge in [0.2, 0.25) is 0 Å². The fourth-order valence-electron chi connectivity index (χ4n) is 1.39. The van der Waals surface area contributed by atoms with E-state index in [1.54, 1.807) is 24.3 Å². The normalized spacial score (nSPS) is 20.7. The lowest BCUT2D eigenvalue weighted by molar-refractivity contribution is 0.346. The van der Waals surface area contributed by atoms with Gasteiger partial charge in [-0.15, -0.1) is 6.42 Å². The van der Waals surface area contributed by atoms with Gasteiger partial charge < -0.3 is 10.5 Å². The van der Waals surface area contributed by atoms with Gasteiger partial charge >= 0.3 is 0 Å². The number of pyridine rings is 1. The highest BCUT2D eigenvalue weighted by Crippen LogP contribution is 2.19. The van der Waals surface area contributed by atoms with Crippen LogP contribution in [0.2, 0.25) is 0 Å². The van der Waals surface area contributed by atoms with E-state index in [2.05, 4.69) is 10.9 Å². The molecule has 0 fully saturated rings. The summed E-state index contributed by atoms with van der Waals surface area (Å²) in [6.45, 7) is 4.00. The van der Waals surface area contributed by atoms with Gasteiger partial charge in [0.05, 0.1) is 6.04 Å². The zero-order chi connectivity index (χ0) is 14.3. The molecule has 1 aliphatic carbocycles. The summed E-state index contributed by atoms with van der Waals surface area (Å²) < 4.78 is 18.8. The molecule has 1 aromatic rings. The highest BCUT2D eigenvalue weighted by molar-refractivity contribution is 5.35. The maximum Gasteiger partial charge on any atom is 0.141 e. The predicted molar refractivity (Wildman–Crippen MR) is 74.2 cm³/mol. The molecule has 0 saturated carbocycles. The van der Waals surface area contributed by atoms with Crippen LogP contribution in [0.4, 0.5) is 4.39 Å². The zero-order valence-corrected chi connectivity index (χ0v) is 11.0. The van der Waals surface area contributed by atoms with Crippen LogP contribution in [0.25, 0.3) is 0 Å². The number of ether oxygens (including phenoxy) is 1. The molecule has 0 spiro atoms. The molecular weight excluding hydrogens is 243 g/mol. The Morgan fingerprint density at radius 1 is 1.47 bits per heavy atom. The Balaban J connectivity index is 0.000000861. The molecular formula is C15H17FN2O. The summed E-state index contributed by atoms with van der Waals surface area (Å²) in [6, 6.07) is 2.65. The van der Waals surface area contributed by atoms with E-state index in [4.69, 9.17) is 16.9 Å². The topological polar surface area (TPSA) is 48.1 Å². The lowest BCUT2D eigenvalue weighted by Crippen LogP contribution is -2.30. The summed E-state index contributed by atoms with van der Waals surface area (Å²) in [6.07, 6.45) is 10.1. The van der Waals surface area contributed by atoms with Crippen LogP contribution in [0.5, 0.6) is 5.75 Å². The SMILES string of the molecule is C#Cc1cc(OC2=CC(F)C(N)C=C2)ccn1.CC. The van der Waals surface area contributed by atoms with Gasteiger partial charge in [-0.2, -0.15) is 0 Å². The first-order chi connectivity index (χ1) is 9.19. The molecule has 0 bridgehead atoms. The Morgan fingerprint density at radius 3 is 2.84 bits per heavy atom. The Bertz CT molecular complexity index is 517. The van der Waals surface area contributed by atoms with E-state index in [0.717, 1.165) is 0 Å². The van der Waals surface area contributed by atoms with Crippen molar-refractivity contribution in [3.63, 3.8) is 0 Å². The minimum absolute atomic E-state index is 0.411. The smallest absolute Gasteiger partial charge is 0.141 e. The molecule has 2 atom stereocenters. The maximum atomic E-state index is 13.3. The molecule has 0 aliphatic heterocycles. The van der Waals surface area contributed by atoms with Gasteiger partial charge in [0.1, 0.15) is 23.4 Å². The molecule has 1 aliphatic rings. The van der Waals surface area contributed by atoms with E-state index in [-0.39, 0.29) is 0 Å². The predicted octanol–water partition coefficient (Wildman–Crippen LogP) is 2.59. The van der Waals surface area contributed by atoms with E-state index in [1.807, 2.05) is 13.8 Å². The summed E-state index contributed by atoms with van der Waals surface area (Å²) in [4.78, 5) is 3.93. The molecule has 2 unspecified atom stereocenters. The number of alkyl halides is 1. The third kappa shape index (κ3) is 4.23.